The molecule has 0 fully saturated rings. The van der Waals surface area contributed by atoms with Crippen molar-refractivity contribution in [1.82, 2.24) is 25.1 Å². The van der Waals surface area contributed by atoms with Gasteiger partial charge in [0.2, 0.25) is 0 Å². The molecule has 2 aromatic carbocycles. The first-order chi connectivity index (χ1) is 14.2. The molecule has 0 unspecified atom stereocenters. The van der Waals surface area contributed by atoms with Gasteiger partial charge in [0.15, 0.2) is 0 Å². The van der Waals surface area contributed by atoms with E-state index in [0.29, 0.717) is 12.1 Å². The summed E-state index contributed by atoms with van der Waals surface area (Å²) in [6, 6.07) is 15.3. The quantitative estimate of drug-likeness (QED) is 0.547. The number of carbonyl (C=O) groups is 1. The number of carbonyl (C=O) groups excluding carboxylic acids is 1. The molecule has 146 valence electrons. The van der Waals surface area contributed by atoms with Gasteiger partial charge < -0.3 is 5.32 Å². The summed E-state index contributed by atoms with van der Waals surface area (Å²) in [6.45, 7) is 4.56. The standard InChI is InChI=1S/C23H23N5O/c1-3-19-20(4-2)27-22-12-17(10-11-21(22)26-19)23(29)24-13-16-14-25-28(15-16)18-8-6-5-7-9-18/h5-12,14-15H,3-4,13H2,1-2H3,(H,24,29). The van der Waals surface area contributed by atoms with Gasteiger partial charge in [0.25, 0.3) is 5.91 Å². The average molecular weight is 385 g/mol. The fourth-order valence-electron chi connectivity index (χ4n) is 3.29. The number of nitrogens with one attached hydrogen (secondary N) is 1. The number of aromatic nitrogens is 4. The van der Waals surface area contributed by atoms with Crippen LogP contribution in [0.1, 0.15) is 41.2 Å². The molecule has 29 heavy (non-hydrogen) atoms. The molecular formula is C23H23N5O. The van der Waals surface area contributed by atoms with Gasteiger partial charge in [-0.1, -0.05) is 32.0 Å². The number of nitrogens with zero attached hydrogens (tertiary/aromatic N) is 4. The highest BCUT2D eigenvalue weighted by atomic mass is 16.1. The average Bonchev–Trinajstić information content (AvgIpc) is 3.25. The predicted molar refractivity (Wildman–Crippen MR) is 113 cm³/mol. The van der Waals surface area contributed by atoms with Crippen LogP contribution in [-0.4, -0.2) is 25.7 Å². The molecule has 1 N–H and O–H groups in total. The smallest absolute Gasteiger partial charge is 0.251 e. The van der Waals surface area contributed by atoms with Crippen LogP contribution in [0.15, 0.2) is 60.9 Å². The van der Waals surface area contributed by atoms with Crippen molar-refractivity contribution in [2.24, 2.45) is 0 Å². The van der Waals surface area contributed by atoms with Gasteiger partial charge in [0, 0.05) is 23.9 Å². The number of aryl methyl sites for hydroxylation is 2. The first-order valence-electron chi connectivity index (χ1n) is 9.84. The molecule has 0 atom stereocenters. The molecule has 0 aliphatic rings. The summed E-state index contributed by atoms with van der Waals surface area (Å²) in [7, 11) is 0. The summed E-state index contributed by atoms with van der Waals surface area (Å²) >= 11 is 0. The van der Waals surface area contributed by atoms with Gasteiger partial charge in [-0.2, -0.15) is 5.10 Å². The fraction of sp³-hybridized carbons (Fsp3) is 0.217. The van der Waals surface area contributed by atoms with E-state index in [-0.39, 0.29) is 5.91 Å². The molecule has 2 heterocycles. The lowest BCUT2D eigenvalue weighted by molar-refractivity contribution is 0.0951. The van der Waals surface area contributed by atoms with E-state index in [0.717, 1.165) is 46.5 Å². The Kier molecular flexibility index (Phi) is 5.33. The maximum atomic E-state index is 12.6. The molecular weight excluding hydrogens is 362 g/mol. The molecule has 0 aliphatic carbocycles. The van der Waals surface area contributed by atoms with Gasteiger partial charge in [-0.25, -0.2) is 14.6 Å². The van der Waals surface area contributed by atoms with Crippen molar-refractivity contribution in [2.75, 3.05) is 0 Å². The molecule has 0 radical (unpaired) electrons. The summed E-state index contributed by atoms with van der Waals surface area (Å²) in [5.41, 5.74) is 6.08. The minimum absolute atomic E-state index is 0.140. The highest BCUT2D eigenvalue weighted by molar-refractivity contribution is 5.97. The van der Waals surface area contributed by atoms with Gasteiger partial charge >= 0.3 is 0 Å². The Morgan fingerprint density at radius 1 is 0.966 bits per heavy atom. The molecule has 6 heteroatoms. The molecule has 0 spiro atoms. The SMILES string of the molecule is CCc1nc2ccc(C(=O)NCc3cnn(-c4ccccc4)c3)cc2nc1CC. The van der Waals surface area contributed by atoms with Crippen molar-refractivity contribution in [1.29, 1.82) is 0 Å². The molecule has 4 rings (SSSR count). The molecule has 0 saturated carbocycles. The zero-order valence-corrected chi connectivity index (χ0v) is 16.6. The van der Waals surface area contributed by atoms with Crippen molar-refractivity contribution in [2.45, 2.75) is 33.2 Å². The highest BCUT2D eigenvalue weighted by Crippen LogP contribution is 2.16. The lowest BCUT2D eigenvalue weighted by Gasteiger charge is -2.08. The Bertz CT molecular complexity index is 1150. The van der Waals surface area contributed by atoms with E-state index in [1.54, 1.807) is 16.9 Å². The van der Waals surface area contributed by atoms with E-state index in [2.05, 4.69) is 29.2 Å². The summed E-state index contributed by atoms with van der Waals surface area (Å²) in [5.74, 6) is -0.140. The molecule has 0 saturated heterocycles. The predicted octanol–water partition coefficient (Wildman–Crippen LogP) is 3.87. The Morgan fingerprint density at radius 2 is 1.69 bits per heavy atom. The molecule has 6 nitrogen and oxygen atoms in total. The van der Waals surface area contributed by atoms with Gasteiger partial charge in [0.1, 0.15) is 0 Å². The summed E-state index contributed by atoms with van der Waals surface area (Å²) in [5, 5.41) is 7.32. The van der Waals surface area contributed by atoms with E-state index < -0.39 is 0 Å². The van der Waals surface area contributed by atoms with Crippen molar-refractivity contribution < 1.29 is 4.79 Å². The van der Waals surface area contributed by atoms with E-state index in [1.807, 2.05) is 48.7 Å². The summed E-state index contributed by atoms with van der Waals surface area (Å²) in [4.78, 5) is 22.0. The lowest BCUT2D eigenvalue weighted by atomic mass is 10.1. The normalized spacial score (nSPS) is 11.0. The molecule has 0 aliphatic heterocycles. The van der Waals surface area contributed by atoms with Crippen molar-refractivity contribution in [3.8, 4) is 5.69 Å². The minimum atomic E-state index is -0.140. The first kappa shape index (κ1) is 18.8. The third kappa shape index (κ3) is 4.01. The van der Waals surface area contributed by atoms with E-state index >= 15 is 0 Å². The Hall–Kier alpha value is -3.54. The van der Waals surface area contributed by atoms with Crippen LogP contribution in [0.5, 0.6) is 0 Å². The topological polar surface area (TPSA) is 72.7 Å². The number of fused-ring (bicyclic) bond motifs is 1. The molecule has 4 aromatic rings. The number of rotatable bonds is 6. The zero-order valence-electron chi connectivity index (χ0n) is 16.6. The largest absolute Gasteiger partial charge is 0.348 e. The Morgan fingerprint density at radius 3 is 2.41 bits per heavy atom. The van der Waals surface area contributed by atoms with E-state index in [9.17, 15) is 4.79 Å². The van der Waals surface area contributed by atoms with Crippen LogP contribution in [0.2, 0.25) is 0 Å². The van der Waals surface area contributed by atoms with Crippen LogP contribution in [0.4, 0.5) is 0 Å². The van der Waals surface area contributed by atoms with Crippen molar-refractivity contribution in [3.63, 3.8) is 0 Å². The molecule has 1 amide bonds. The third-order valence-corrected chi connectivity index (χ3v) is 4.86. The van der Waals surface area contributed by atoms with Crippen LogP contribution in [0, 0.1) is 0 Å². The maximum Gasteiger partial charge on any atom is 0.251 e. The minimum Gasteiger partial charge on any atom is -0.348 e. The van der Waals surface area contributed by atoms with Gasteiger partial charge in [-0.05, 0) is 43.2 Å². The maximum absolute atomic E-state index is 12.6. The molecule has 0 bridgehead atoms. The van der Waals surface area contributed by atoms with Crippen LogP contribution in [-0.2, 0) is 19.4 Å². The zero-order chi connectivity index (χ0) is 20.2. The van der Waals surface area contributed by atoms with Crippen molar-refractivity contribution >= 4 is 16.9 Å². The lowest BCUT2D eigenvalue weighted by Crippen LogP contribution is -2.22. The Balaban J connectivity index is 1.48. The van der Waals surface area contributed by atoms with Crippen LogP contribution >= 0.6 is 0 Å². The number of amides is 1. The van der Waals surface area contributed by atoms with E-state index in [4.69, 9.17) is 4.98 Å². The second-order valence-corrected chi connectivity index (χ2v) is 6.84. The number of para-hydroxylation sites is 1. The monoisotopic (exact) mass is 385 g/mol. The number of benzene rings is 2. The van der Waals surface area contributed by atoms with Crippen molar-refractivity contribution in [3.05, 3.63) is 83.4 Å². The van der Waals surface area contributed by atoms with Gasteiger partial charge in [0.05, 0.1) is 34.3 Å². The fourth-order valence-corrected chi connectivity index (χ4v) is 3.29. The number of hydrogen-bond acceptors (Lipinski definition) is 4. The highest BCUT2D eigenvalue weighted by Gasteiger charge is 2.11. The second kappa shape index (κ2) is 8.22. The van der Waals surface area contributed by atoms with E-state index in [1.165, 1.54) is 0 Å². The van der Waals surface area contributed by atoms with Gasteiger partial charge in [-0.3, -0.25) is 4.79 Å². The third-order valence-electron chi connectivity index (χ3n) is 4.86. The van der Waals surface area contributed by atoms with Crippen LogP contribution in [0.3, 0.4) is 0 Å². The first-order valence-corrected chi connectivity index (χ1v) is 9.84. The van der Waals surface area contributed by atoms with Crippen LogP contribution < -0.4 is 5.32 Å². The summed E-state index contributed by atoms with van der Waals surface area (Å²) in [6.07, 6.45) is 5.36. The number of hydrogen-bond donors (Lipinski definition) is 1. The molecule has 2 aromatic heterocycles. The Labute approximate surface area is 169 Å². The van der Waals surface area contributed by atoms with Gasteiger partial charge in [-0.15, -0.1) is 0 Å². The van der Waals surface area contributed by atoms with Crippen LogP contribution in [0.25, 0.3) is 16.7 Å². The summed E-state index contributed by atoms with van der Waals surface area (Å²) < 4.78 is 1.80. The second-order valence-electron chi connectivity index (χ2n) is 6.84.